The molecule has 0 aliphatic heterocycles. The molecule has 1 heterocycles. The highest BCUT2D eigenvalue weighted by Crippen LogP contribution is 2.15. The van der Waals surface area contributed by atoms with E-state index in [1.54, 1.807) is 6.26 Å². The monoisotopic (exact) mass is 336 g/mol. The van der Waals surface area contributed by atoms with Crippen LogP contribution in [0.1, 0.15) is 46.8 Å². The number of hydrogen-bond donors (Lipinski definition) is 3. The average Bonchev–Trinajstić information content (AvgIpc) is 3.05. The normalized spacial score (nSPS) is 13.5. The maximum Gasteiger partial charge on any atom is 0.227 e. The van der Waals surface area contributed by atoms with E-state index < -0.39 is 5.41 Å². The van der Waals surface area contributed by atoms with Crippen LogP contribution in [0.5, 0.6) is 0 Å². The number of carbonyl (C=O) groups excluding carboxylic acids is 1. The number of aliphatic imine (C=N–C) groups is 1. The lowest BCUT2D eigenvalue weighted by molar-refractivity contribution is -0.128. The van der Waals surface area contributed by atoms with Gasteiger partial charge in [-0.2, -0.15) is 0 Å². The molecule has 0 saturated carbocycles. The van der Waals surface area contributed by atoms with Crippen LogP contribution in [0, 0.1) is 5.41 Å². The SMILES string of the molecule is CCNC(=O)C(C)(C)CN=C(NCCc1ccco1)NC(C)CC. The van der Waals surface area contributed by atoms with E-state index >= 15 is 0 Å². The predicted octanol–water partition coefficient (Wildman–Crippen LogP) is 2.32. The molecule has 1 amide bonds. The Kier molecular flexibility index (Phi) is 8.36. The molecule has 0 radical (unpaired) electrons. The predicted molar refractivity (Wildman–Crippen MR) is 98.1 cm³/mol. The number of guanidine groups is 1. The third-order valence-electron chi connectivity index (χ3n) is 3.82. The smallest absolute Gasteiger partial charge is 0.227 e. The molecule has 6 nitrogen and oxygen atoms in total. The highest BCUT2D eigenvalue weighted by atomic mass is 16.3. The summed E-state index contributed by atoms with van der Waals surface area (Å²) in [4.78, 5) is 16.7. The first-order valence-corrected chi connectivity index (χ1v) is 8.74. The van der Waals surface area contributed by atoms with E-state index in [0.29, 0.717) is 19.1 Å². The summed E-state index contributed by atoms with van der Waals surface area (Å²) in [5, 5.41) is 9.54. The largest absolute Gasteiger partial charge is 0.469 e. The number of rotatable bonds is 9. The van der Waals surface area contributed by atoms with Gasteiger partial charge in [0, 0.05) is 25.6 Å². The van der Waals surface area contributed by atoms with Crippen LogP contribution in [0.2, 0.25) is 0 Å². The van der Waals surface area contributed by atoms with Crippen molar-refractivity contribution in [1.29, 1.82) is 0 Å². The van der Waals surface area contributed by atoms with Crippen LogP contribution in [-0.2, 0) is 11.2 Å². The summed E-state index contributed by atoms with van der Waals surface area (Å²) < 4.78 is 5.34. The van der Waals surface area contributed by atoms with Crippen molar-refractivity contribution in [3.05, 3.63) is 24.2 Å². The number of furan rings is 1. The highest BCUT2D eigenvalue weighted by Gasteiger charge is 2.26. The molecule has 1 atom stereocenters. The third kappa shape index (κ3) is 7.06. The van der Waals surface area contributed by atoms with Gasteiger partial charge in [0.25, 0.3) is 0 Å². The summed E-state index contributed by atoms with van der Waals surface area (Å²) in [6.45, 7) is 11.7. The van der Waals surface area contributed by atoms with E-state index in [2.05, 4.69) is 34.8 Å². The molecular weight excluding hydrogens is 304 g/mol. The van der Waals surface area contributed by atoms with Gasteiger partial charge in [-0.15, -0.1) is 0 Å². The molecule has 0 fully saturated rings. The van der Waals surface area contributed by atoms with Gasteiger partial charge in [0.05, 0.1) is 18.2 Å². The van der Waals surface area contributed by atoms with Crippen molar-refractivity contribution in [3.8, 4) is 0 Å². The van der Waals surface area contributed by atoms with Crippen LogP contribution in [0.4, 0.5) is 0 Å². The molecule has 136 valence electrons. The Hall–Kier alpha value is -1.98. The molecule has 1 aromatic rings. The average molecular weight is 336 g/mol. The second-order valence-electron chi connectivity index (χ2n) is 6.62. The molecule has 24 heavy (non-hydrogen) atoms. The molecule has 0 aliphatic rings. The number of nitrogens with one attached hydrogen (secondary N) is 3. The van der Waals surface area contributed by atoms with Gasteiger partial charge in [0.15, 0.2) is 5.96 Å². The number of nitrogens with zero attached hydrogens (tertiary/aromatic N) is 1. The molecule has 1 unspecified atom stereocenters. The summed E-state index contributed by atoms with van der Waals surface area (Å²) in [6, 6.07) is 4.16. The quantitative estimate of drug-likeness (QED) is 0.478. The van der Waals surface area contributed by atoms with Crippen LogP contribution in [0.25, 0.3) is 0 Å². The summed E-state index contributed by atoms with van der Waals surface area (Å²) in [5.41, 5.74) is -0.541. The van der Waals surface area contributed by atoms with Crippen LogP contribution in [0.3, 0.4) is 0 Å². The molecule has 6 heteroatoms. The van der Waals surface area contributed by atoms with Gasteiger partial charge in [0.1, 0.15) is 5.76 Å². The third-order valence-corrected chi connectivity index (χ3v) is 3.82. The Bertz CT molecular complexity index is 509. The summed E-state index contributed by atoms with van der Waals surface area (Å²) in [7, 11) is 0. The van der Waals surface area contributed by atoms with Gasteiger partial charge in [-0.1, -0.05) is 6.92 Å². The zero-order chi connectivity index (χ0) is 18.0. The van der Waals surface area contributed by atoms with E-state index in [1.165, 1.54) is 0 Å². The molecule has 0 aliphatic carbocycles. The first-order valence-electron chi connectivity index (χ1n) is 8.74. The van der Waals surface area contributed by atoms with Crippen molar-refractivity contribution in [2.24, 2.45) is 10.4 Å². The minimum absolute atomic E-state index is 0.0206. The fraction of sp³-hybridized carbons (Fsp3) is 0.667. The van der Waals surface area contributed by atoms with Gasteiger partial charge in [-0.05, 0) is 46.2 Å². The van der Waals surface area contributed by atoms with Gasteiger partial charge in [0.2, 0.25) is 5.91 Å². The second kappa shape index (κ2) is 10.0. The van der Waals surface area contributed by atoms with E-state index in [0.717, 1.165) is 31.1 Å². The highest BCUT2D eigenvalue weighted by molar-refractivity contribution is 5.83. The Balaban J connectivity index is 2.63. The minimum Gasteiger partial charge on any atom is -0.469 e. The van der Waals surface area contributed by atoms with Crippen molar-refractivity contribution in [1.82, 2.24) is 16.0 Å². The van der Waals surface area contributed by atoms with Crippen molar-refractivity contribution in [3.63, 3.8) is 0 Å². The van der Waals surface area contributed by atoms with Crippen molar-refractivity contribution >= 4 is 11.9 Å². The maximum atomic E-state index is 12.1. The molecule has 0 saturated heterocycles. The lowest BCUT2D eigenvalue weighted by Crippen LogP contribution is -2.44. The maximum absolute atomic E-state index is 12.1. The minimum atomic E-state index is -0.541. The van der Waals surface area contributed by atoms with E-state index in [9.17, 15) is 4.79 Å². The van der Waals surface area contributed by atoms with E-state index in [4.69, 9.17) is 4.42 Å². The second-order valence-corrected chi connectivity index (χ2v) is 6.62. The Morgan fingerprint density at radius 2 is 2.08 bits per heavy atom. The van der Waals surface area contributed by atoms with Gasteiger partial charge < -0.3 is 20.4 Å². The summed E-state index contributed by atoms with van der Waals surface area (Å²) >= 11 is 0. The van der Waals surface area contributed by atoms with Crippen LogP contribution in [0.15, 0.2) is 27.8 Å². The molecule has 0 aromatic carbocycles. The lowest BCUT2D eigenvalue weighted by Gasteiger charge is -2.23. The molecule has 0 bridgehead atoms. The topological polar surface area (TPSA) is 78.7 Å². The summed E-state index contributed by atoms with van der Waals surface area (Å²) in [6.07, 6.45) is 3.46. The molecule has 3 N–H and O–H groups in total. The zero-order valence-corrected chi connectivity index (χ0v) is 15.6. The Morgan fingerprint density at radius 3 is 2.67 bits per heavy atom. The number of hydrogen-bond acceptors (Lipinski definition) is 3. The molecule has 0 spiro atoms. The lowest BCUT2D eigenvalue weighted by atomic mass is 9.92. The fourth-order valence-electron chi connectivity index (χ4n) is 2.00. The number of amides is 1. The van der Waals surface area contributed by atoms with Crippen LogP contribution < -0.4 is 16.0 Å². The standard InChI is InChI=1S/C18H32N4O2/c1-6-14(3)22-17(20-11-10-15-9-8-12-24-15)21-13-18(4,5)16(23)19-7-2/h8-9,12,14H,6-7,10-11,13H2,1-5H3,(H,19,23)(H2,20,21,22). The Labute approximate surface area is 145 Å². The van der Waals surface area contributed by atoms with Crippen LogP contribution in [-0.4, -0.2) is 37.5 Å². The summed E-state index contributed by atoms with van der Waals surface area (Å²) in [5.74, 6) is 1.69. The zero-order valence-electron chi connectivity index (χ0n) is 15.6. The van der Waals surface area contributed by atoms with Gasteiger partial charge in [-0.25, -0.2) is 0 Å². The van der Waals surface area contributed by atoms with Crippen molar-refractivity contribution in [2.45, 2.75) is 53.5 Å². The molecule has 1 rings (SSSR count). The van der Waals surface area contributed by atoms with E-state index in [-0.39, 0.29) is 5.91 Å². The Morgan fingerprint density at radius 1 is 1.33 bits per heavy atom. The number of carbonyl (C=O) groups is 1. The van der Waals surface area contributed by atoms with E-state index in [1.807, 2.05) is 32.9 Å². The van der Waals surface area contributed by atoms with Gasteiger partial charge >= 0.3 is 0 Å². The van der Waals surface area contributed by atoms with Gasteiger partial charge in [-0.3, -0.25) is 9.79 Å². The molecular formula is C18H32N4O2. The van der Waals surface area contributed by atoms with Crippen molar-refractivity contribution < 1.29 is 9.21 Å². The fourth-order valence-corrected chi connectivity index (χ4v) is 2.00. The first kappa shape index (κ1) is 20.1. The van der Waals surface area contributed by atoms with Crippen molar-refractivity contribution in [2.75, 3.05) is 19.6 Å². The molecule has 1 aromatic heterocycles. The van der Waals surface area contributed by atoms with Crippen LogP contribution >= 0.6 is 0 Å². The first-order chi connectivity index (χ1) is 11.4.